The molecule has 3 aliphatic heterocycles. The van der Waals surface area contributed by atoms with Gasteiger partial charge in [-0.3, -0.25) is 14.4 Å². The van der Waals surface area contributed by atoms with Gasteiger partial charge in [0.15, 0.2) is 0 Å². The highest BCUT2D eigenvalue weighted by atomic mass is 16.5. The number of amides is 3. The van der Waals surface area contributed by atoms with Crippen LogP contribution in [0.5, 0.6) is 5.75 Å². The first-order chi connectivity index (χ1) is 18.6. The SMILES string of the molecule is CCCCCNC(=O)C1N([C@@H](CO)CC(C)C)C(=O)[C@@H]2[C@H](C(=O)Nc3ccc(OCC)cc3)[C@]3(C)CCC12O3. The van der Waals surface area contributed by atoms with E-state index in [9.17, 15) is 19.5 Å². The molecule has 6 atom stereocenters. The number of anilines is 1. The molecule has 3 heterocycles. The highest BCUT2D eigenvalue weighted by molar-refractivity contribution is 6.02. The first-order valence-electron chi connectivity index (χ1n) is 14.6. The molecule has 4 rings (SSSR count). The van der Waals surface area contributed by atoms with Crippen LogP contribution in [0.25, 0.3) is 0 Å². The van der Waals surface area contributed by atoms with Crippen LogP contribution in [-0.4, -0.2) is 70.8 Å². The number of fused-ring (bicyclic) bond motifs is 1. The Morgan fingerprint density at radius 3 is 2.49 bits per heavy atom. The maximum Gasteiger partial charge on any atom is 0.245 e. The van der Waals surface area contributed by atoms with Gasteiger partial charge in [-0.15, -0.1) is 0 Å². The molecule has 0 radical (unpaired) electrons. The van der Waals surface area contributed by atoms with Crippen molar-refractivity contribution < 1.29 is 29.0 Å². The maximum absolute atomic E-state index is 14.2. The van der Waals surface area contributed by atoms with Crippen molar-refractivity contribution in [2.45, 2.75) is 96.4 Å². The molecule has 0 saturated carbocycles. The van der Waals surface area contributed by atoms with Gasteiger partial charge in [0.05, 0.1) is 36.7 Å². The second-order valence-electron chi connectivity index (χ2n) is 11.9. The summed E-state index contributed by atoms with van der Waals surface area (Å²) in [5.74, 6) is -1.49. The number of carbonyl (C=O) groups excluding carboxylic acids is 3. The van der Waals surface area contributed by atoms with E-state index in [-0.39, 0.29) is 30.2 Å². The summed E-state index contributed by atoms with van der Waals surface area (Å²) in [5.41, 5.74) is -1.37. The zero-order chi connectivity index (χ0) is 28.4. The third-order valence-electron chi connectivity index (χ3n) is 8.61. The number of nitrogens with one attached hydrogen (secondary N) is 2. The monoisotopic (exact) mass is 543 g/mol. The van der Waals surface area contributed by atoms with Crippen LogP contribution in [0.2, 0.25) is 0 Å². The van der Waals surface area contributed by atoms with E-state index in [2.05, 4.69) is 17.6 Å². The lowest BCUT2D eigenvalue weighted by Crippen LogP contribution is -2.58. The van der Waals surface area contributed by atoms with Crippen molar-refractivity contribution >= 4 is 23.4 Å². The van der Waals surface area contributed by atoms with E-state index < -0.39 is 35.1 Å². The lowest BCUT2D eigenvalue weighted by Gasteiger charge is -2.37. The molecule has 216 valence electrons. The molecule has 0 aliphatic carbocycles. The Morgan fingerprint density at radius 1 is 1.15 bits per heavy atom. The second-order valence-corrected chi connectivity index (χ2v) is 11.9. The molecular weight excluding hydrogens is 498 g/mol. The van der Waals surface area contributed by atoms with E-state index in [0.29, 0.717) is 43.9 Å². The van der Waals surface area contributed by atoms with Crippen molar-refractivity contribution in [1.82, 2.24) is 10.2 Å². The molecule has 1 aromatic rings. The topological polar surface area (TPSA) is 117 Å². The molecule has 39 heavy (non-hydrogen) atoms. The lowest BCUT2D eigenvalue weighted by atomic mass is 9.66. The largest absolute Gasteiger partial charge is 0.494 e. The highest BCUT2D eigenvalue weighted by Gasteiger charge is 2.78. The van der Waals surface area contributed by atoms with Crippen LogP contribution in [0.4, 0.5) is 5.69 Å². The van der Waals surface area contributed by atoms with E-state index in [0.717, 1.165) is 19.3 Å². The molecule has 9 nitrogen and oxygen atoms in total. The van der Waals surface area contributed by atoms with Crippen molar-refractivity contribution in [2.24, 2.45) is 17.8 Å². The summed E-state index contributed by atoms with van der Waals surface area (Å²) in [5, 5.41) is 16.4. The second kappa shape index (κ2) is 11.8. The van der Waals surface area contributed by atoms with Gasteiger partial charge < -0.3 is 30.1 Å². The first kappa shape index (κ1) is 29.3. The number of hydrogen-bond donors (Lipinski definition) is 3. The van der Waals surface area contributed by atoms with Gasteiger partial charge in [-0.2, -0.15) is 0 Å². The van der Waals surface area contributed by atoms with Gasteiger partial charge >= 0.3 is 0 Å². The minimum absolute atomic E-state index is 0.203. The molecule has 1 aromatic carbocycles. The third kappa shape index (κ3) is 5.40. The number of ether oxygens (including phenoxy) is 2. The van der Waals surface area contributed by atoms with E-state index in [1.807, 2.05) is 27.7 Å². The molecule has 3 saturated heterocycles. The molecule has 3 N–H and O–H groups in total. The number of carbonyl (C=O) groups is 3. The Balaban J connectivity index is 1.65. The molecule has 0 aromatic heterocycles. The minimum atomic E-state index is -1.11. The summed E-state index contributed by atoms with van der Waals surface area (Å²) in [4.78, 5) is 43.4. The number of hydrogen-bond acceptors (Lipinski definition) is 6. The van der Waals surface area contributed by atoms with Crippen molar-refractivity contribution in [3.05, 3.63) is 24.3 Å². The zero-order valence-electron chi connectivity index (χ0n) is 24.0. The van der Waals surface area contributed by atoms with Gasteiger partial charge in [-0.1, -0.05) is 33.6 Å². The minimum Gasteiger partial charge on any atom is -0.494 e. The number of benzene rings is 1. The van der Waals surface area contributed by atoms with Crippen LogP contribution in [0.1, 0.15) is 73.1 Å². The number of aliphatic hydroxyl groups is 1. The number of likely N-dealkylation sites (tertiary alicyclic amines) is 1. The Morgan fingerprint density at radius 2 is 1.87 bits per heavy atom. The average Bonchev–Trinajstić information content (AvgIpc) is 3.47. The number of rotatable bonds is 13. The predicted octanol–water partition coefficient (Wildman–Crippen LogP) is 3.50. The molecule has 2 bridgehead atoms. The zero-order valence-corrected chi connectivity index (χ0v) is 24.0. The number of unbranched alkanes of at least 4 members (excludes halogenated alkanes) is 2. The van der Waals surface area contributed by atoms with Crippen LogP contribution in [0.15, 0.2) is 24.3 Å². The molecular formula is C30H45N3O6. The number of aliphatic hydroxyl groups excluding tert-OH is 1. The summed E-state index contributed by atoms with van der Waals surface area (Å²) in [6.45, 7) is 10.7. The lowest BCUT2D eigenvalue weighted by molar-refractivity contribution is -0.149. The smallest absolute Gasteiger partial charge is 0.245 e. The van der Waals surface area contributed by atoms with Crippen molar-refractivity contribution in [3.8, 4) is 5.75 Å². The molecule has 3 fully saturated rings. The van der Waals surface area contributed by atoms with Gasteiger partial charge in [0.25, 0.3) is 0 Å². The predicted molar refractivity (Wildman–Crippen MR) is 148 cm³/mol. The Hall–Kier alpha value is -2.65. The molecule has 1 spiro atoms. The Kier molecular flexibility index (Phi) is 8.91. The molecule has 9 heteroatoms. The fourth-order valence-electron chi connectivity index (χ4n) is 6.98. The van der Waals surface area contributed by atoms with Crippen LogP contribution in [-0.2, 0) is 19.1 Å². The standard InChI is InChI=1S/C30H45N3O6/c1-6-8-9-16-31-27(36)25-30-15-14-29(5,39-30)23(24(30)28(37)33(25)21(18-34)17-19(3)4)26(35)32-20-10-12-22(13-11-20)38-7-2/h10-13,19,21,23-25,34H,6-9,14-18H2,1-5H3,(H,31,36)(H,32,35)/t21-,23-,24+,25?,29+,30?/m1/s1. The van der Waals surface area contributed by atoms with E-state index in [1.165, 1.54) is 0 Å². The molecule has 3 amide bonds. The summed E-state index contributed by atoms with van der Waals surface area (Å²) in [6.07, 6.45) is 4.50. The van der Waals surface area contributed by atoms with Crippen LogP contribution >= 0.6 is 0 Å². The number of nitrogens with zero attached hydrogens (tertiary/aromatic N) is 1. The summed E-state index contributed by atoms with van der Waals surface area (Å²) in [6, 6.07) is 5.70. The Bertz CT molecular complexity index is 1050. The van der Waals surface area contributed by atoms with Gasteiger partial charge in [-0.25, -0.2) is 0 Å². The van der Waals surface area contributed by atoms with Crippen molar-refractivity contribution in [3.63, 3.8) is 0 Å². The van der Waals surface area contributed by atoms with Gasteiger partial charge in [0.2, 0.25) is 17.7 Å². The van der Waals surface area contributed by atoms with Crippen LogP contribution in [0.3, 0.4) is 0 Å². The summed E-state index contributed by atoms with van der Waals surface area (Å²) in [7, 11) is 0. The van der Waals surface area contributed by atoms with E-state index in [4.69, 9.17) is 9.47 Å². The average molecular weight is 544 g/mol. The Labute approximate surface area is 232 Å². The third-order valence-corrected chi connectivity index (χ3v) is 8.61. The summed E-state index contributed by atoms with van der Waals surface area (Å²) >= 11 is 0. The fraction of sp³-hybridized carbons (Fsp3) is 0.700. The molecule has 3 aliphatic rings. The summed E-state index contributed by atoms with van der Waals surface area (Å²) < 4.78 is 12.2. The van der Waals surface area contributed by atoms with Gasteiger partial charge in [0, 0.05) is 12.2 Å². The van der Waals surface area contributed by atoms with Crippen molar-refractivity contribution in [2.75, 3.05) is 25.1 Å². The van der Waals surface area contributed by atoms with Crippen LogP contribution < -0.4 is 15.4 Å². The highest BCUT2D eigenvalue weighted by Crippen LogP contribution is 2.63. The maximum atomic E-state index is 14.2. The van der Waals surface area contributed by atoms with E-state index >= 15 is 0 Å². The fourth-order valence-corrected chi connectivity index (χ4v) is 6.98. The molecule has 2 unspecified atom stereocenters. The first-order valence-corrected chi connectivity index (χ1v) is 14.6. The van der Waals surface area contributed by atoms with Gasteiger partial charge in [-0.05, 0) is 69.7 Å². The van der Waals surface area contributed by atoms with Crippen molar-refractivity contribution in [1.29, 1.82) is 0 Å². The normalized spacial score (nSPS) is 30.0. The van der Waals surface area contributed by atoms with Gasteiger partial charge in [0.1, 0.15) is 17.4 Å². The quantitative estimate of drug-likeness (QED) is 0.328. The van der Waals surface area contributed by atoms with E-state index in [1.54, 1.807) is 29.2 Å². The van der Waals surface area contributed by atoms with Crippen LogP contribution in [0, 0.1) is 17.8 Å².